The minimum atomic E-state index is -0.0956. The Morgan fingerprint density at radius 1 is 1.40 bits per heavy atom. The lowest BCUT2D eigenvalue weighted by molar-refractivity contribution is -0.120. The third-order valence-corrected chi connectivity index (χ3v) is 1.30. The molecule has 10 heavy (non-hydrogen) atoms. The summed E-state index contributed by atoms with van der Waals surface area (Å²) >= 11 is 0. The van der Waals surface area contributed by atoms with Gasteiger partial charge in [-0.25, -0.2) is 0 Å². The van der Waals surface area contributed by atoms with Gasteiger partial charge in [0.15, 0.2) is 5.78 Å². The summed E-state index contributed by atoms with van der Waals surface area (Å²) in [6.45, 7) is 6.67. The van der Waals surface area contributed by atoms with Gasteiger partial charge in [-0.05, 0) is 12.5 Å². The molecule has 0 unspecified atom stereocenters. The van der Waals surface area contributed by atoms with Crippen LogP contribution in [-0.4, -0.2) is 11.6 Å². The molecule has 0 atom stereocenters. The van der Waals surface area contributed by atoms with Crippen LogP contribution in [0.5, 0.6) is 0 Å². The van der Waals surface area contributed by atoms with Crippen molar-refractivity contribution in [3.05, 3.63) is 12.2 Å². The molecule has 2 heteroatoms. The SMILES string of the molecule is C=C(CC(=O)CC)C(C)=O. The first-order valence-corrected chi connectivity index (χ1v) is 3.28. The first kappa shape index (κ1) is 9.08. The fourth-order valence-corrected chi connectivity index (χ4v) is 0.487. The summed E-state index contributed by atoms with van der Waals surface area (Å²) in [6, 6.07) is 0. The minimum absolute atomic E-state index is 0.0696. The largest absolute Gasteiger partial charge is 0.299 e. The molecular formula is C8H12O2. The number of ketones is 2. The van der Waals surface area contributed by atoms with E-state index in [0.29, 0.717) is 12.0 Å². The van der Waals surface area contributed by atoms with Gasteiger partial charge in [-0.2, -0.15) is 0 Å². The molecule has 0 aliphatic carbocycles. The summed E-state index contributed by atoms with van der Waals surface area (Å²) in [5.41, 5.74) is 0.409. The fraction of sp³-hybridized carbons (Fsp3) is 0.500. The van der Waals surface area contributed by atoms with Crippen molar-refractivity contribution < 1.29 is 9.59 Å². The molecule has 0 fully saturated rings. The van der Waals surface area contributed by atoms with Gasteiger partial charge in [-0.3, -0.25) is 9.59 Å². The monoisotopic (exact) mass is 140 g/mol. The smallest absolute Gasteiger partial charge is 0.155 e. The van der Waals surface area contributed by atoms with Gasteiger partial charge in [-0.1, -0.05) is 13.5 Å². The van der Waals surface area contributed by atoms with Gasteiger partial charge >= 0.3 is 0 Å². The van der Waals surface area contributed by atoms with Crippen LogP contribution >= 0.6 is 0 Å². The molecule has 0 aromatic carbocycles. The number of hydrogen-bond donors (Lipinski definition) is 0. The summed E-state index contributed by atoms with van der Waals surface area (Å²) in [7, 11) is 0. The summed E-state index contributed by atoms with van der Waals surface area (Å²) in [6.07, 6.45) is 0.693. The predicted molar refractivity (Wildman–Crippen MR) is 39.7 cm³/mol. The van der Waals surface area contributed by atoms with Gasteiger partial charge in [0.25, 0.3) is 0 Å². The maximum atomic E-state index is 10.7. The zero-order valence-corrected chi connectivity index (χ0v) is 6.44. The van der Waals surface area contributed by atoms with E-state index in [9.17, 15) is 9.59 Å². The maximum Gasteiger partial charge on any atom is 0.155 e. The van der Waals surface area contributed by atoms with Gasteiger partial charge in [0, 0.05) is 12.8 Å². The van der Waals surface area contributed by atoms with Crippen LogP contribution in [0.2, 0.25) is 0 Å². The molecule has 0 heterocycles. The van der Waals surface area contributed by atoms with Gasteiger partial charge in [0.1, 0.15) is 5.78 Å². The summed E-state index contributed by atoms with van der Waals surface area (Å²) < 4.78 is 0. The van der Waals surface area contributed by atoms with Crippen LogP contribution < -0.4 is 0 Å². The van der Waals surface area contributed by atoms with Crippen molar-refractivity contribution >= 4 is 11.6 Å². The molecule has 56 valence electrons. The lowest BCUT2D eigenvalue weighted by Gasteiger charge is -1.96. The van der Waals surface area contributed by atoms with E-state index < -0.39 is 0 Å². The molecule has 2 nitrogen and oxygen atoms in total. The van der Waals surface area contributed by atoms with E-state index >= 15 is 0 Å². The van der Waals surface area contributed by atoms with E-state index in [0.717, 1.165) is 0 Å². The molecule has 0 saturated heterocycles. The van der Waals surface area contributed by atoms with Crippen LogP contribution in [0.25, 0.3) is 0 Å². The van der Waals surface area contributed by atoms with Crippen LogP contribution in [0, 0.1) is 0 Å². The second kappa shape index (κ2) is 3.99. The quantitative estimate of drug-likeness (QED) is 0.554. The van der Waals surface area contributed by atoms with E-state index in [1.54, 1.807) is 6.92 Å². The summed E-state index contributed by atoms with van der Waals surface area (Å²) in [5, 5.41) is 0. The molecule has 0 spiro atoms. The first-order valence-electron chi connectivity index (χ1n) is 3.28. The first-order chi connectivity index (χ1) is 4.57. The zero-order chi connectivity index (χ0) is 8.15. The molecule has 0 radical (unpaired) electrons. The Hall–Kier alpha value is -0.920. The van der Waals surface area contributed by atoms with E-state index in [1.807, 2.05) is 0 Å². The molecule has 0 bridgehead atoms. The Balaban J connectivity index is 3.80. The van der Waals surface area contributed by atoms with E-state index in [4.69, 9.17) is 0 Å². The molecule has 0 aliphatic rings. The van der Waals surface area contributed by atoms with Crippen LogP contribution in [0.3, 0.4) is 0 Å². The average molecular weight is 140 g/mol. The third kappa shape index (κ3) is 3.17. The van der Waals surface area contributed by atoms with Crippen molar-refractivity contribution in [2.75, 3.05) is 0 Å². The standard InChI is InChI=1S/C8H12O2/c1-4-8(10)5-6(2)7(3)9/h2,4-5H2,1,3H3. The highest BCUT2D eigenvalue weighted by atomic mass is 16.1. The number of Topliss-reactive ketones (excluding diaryl/α,β-unsaturated/α-hetero) is 2. The highest BCUT2D eigenvalue weighted by Crippen LogP contribution is 2.01. The number of hydrogen-bond acceptors (Lipinski definition) is 2. The van der Waals surface area contributed by atoms with Crippen molar-refractivity contribution in [3.8, 4) is 0 Å². The van der Waals surface area contributed by atoms with E-state index in [-0.39, 0.29) is 18.0 Å². The fourth-order valence-electron chi connectivity index (χ4n) is 0.487. The minimum Gasteiger partial charge on any atom is -0.299 e. The lowest BCUT2D eigenvalue weighted by atomic mass is 10.1. The number of carbonyl (C=O) groups excluding carboxylic acids is 2. The highest BCUT2D eigenvalue weighted by molar-refractivity contribution is 5.98. The topological polar surface area (TPSA) is 34.1 Å². The summed E-state index contributed by atoms with van der Waals surface area (Å²) in [4.78, 5) is 21.3. The van der Waals surface area contributed by atoms with Crippen molar-refractivity contribution in [1.82, 2.24) is 0 Å². The molecule has 0 aliphatic heterocycles. The Morgan fingerprint density at radius 3 is 2.20 bits per heavy atom. The van der Waals surface area contributed by atoms with Crippen molar-refractivity contribution in [3.63, 3.8) is 0 Å². The molecule has 0 rings (SSSR count). The molecule has 0 N–H and O–H groups in total. The zero-order valence-electron chi connectivity index (χ0n) is 6.44. The lowest BCUT2D eigenvalue weighted by Crippen LogP contribution is -2.02. The van der Waals surface area contributed by atoms with Crippen LogP contribution in [0.4, 0.5) is 0 Å². The van der Waals surface area contributed by atoms with Crippen LogP contribution in [0.15, 0.2) is 12.2 Å². The van der Waals surface area contributed by atoms with Gasteiger partial charge in [0.05, 0.1) is 0 Å². The van der Waals surface area contributed by atoms with Gasteiger partial charge < -0.3 is 0 Å². The Morgan fingerprint density at radius 2 is 1.90 bits per heavy atom. The Bertz CT molecular complexity index is 168. The average Bonchev–Trinajstić information content (AvgIpc) is 1.87. The number of rotatable bonds is 4. The van der Waals surface area contributed by atoms with Gasteiger partial charge in [-0.15, -0.1) is 0 Å². The van der Waals surface area contributed by atoms with Crippen molar-refractivity contribution in [2.45, 2.75) is 26.7 Å². The molecular weight excluding hydrogens is 128 g/mol. The van der Waals surface area contributed by atoms with Crippen LogP contribution in [-0.2, 0) is 9.59 Å². The molecule has 0 amide bonds. The Kier molecular flexibility index (Phi) is 3.62. The highest BCUT2D eigenvalue weighted by Gasteiger charge is 2.04. The Labute approximate surface area is 60.9 Å². The molecule has 0 saturated carbocycles. The second-order valence-electron chi connectivity index (χ2n) is 2.23. The second-order valence-corrected chi connectivity index (χ2v) is 2.23. The number of carbonyl (C=O) groups is 2. The van der Waals surface area contributed by atoms with Crippen molar-refractivity contribution in [1.29, 1.82) is 0 Å². The van der Waals surface area contributed by atoms with Crippen molar-refractivity contribution in [2.24, 2.45) is 0 Å². The van der Waals surface area contributed by atoms with Crippen LogP contribution in [0.1, 0.15) is 26.7 Å². The molecule has 0 aromatic heterocycles. The van der Waals surface area contributed by atoms with Gasteiger partial charge in [0.2, 0.25) is 0 Å². The molecule has 0 aromatic rings. The predicted octanol–water partition coefficient (Wildman–Crippen LogP) is 1.50. The summed E-state index contributed by atoms with van der Waals surface area (Å²) in [5.74, 6) is -0.0259. The maximum absolute atomic E-state index is 10.7. The van der Waals surface area contributed by atoms with E-state index in [2.05, 4.69) is 6.58 Å². The number of allylic oxidation sites excluding steroid dienone is 1. The normalized spacial score (nSPS) is 9.00. The van der Waals surface area contributed by atoms with E-state index in [1.165, 1.54) is 6.92 Å². The third-order valence-electron chi connectivity index (χ3n) is 1.30.